The summed E-state index contributed by atoms with van der Waals surface area (Å²) in [7, 11) is 1.50. The zero-order valence-electron chi connectivity index (χ0n) is 21.7. The summed E-state index contributed by atoms with van der Waals surface area (Å²) in [6, 6.07) is 3.70. The summed E-state index contributed by atoms with van der Waals surface area (Å²) in [5.41, 5.74) is 0.0597. The summed E-state index contributed by atoms with van der Waals surface area (Å²) in [5.74, 6) is -0.906. The summed E-state index contributed by atoms with van der Waals surface area (Å²) in [4.78, 5) is 44.3. The van der Waals surface area contributed by atoms with Crippen LogP contribution in [-0.4, -0.2) is 84.4 Å². The third-order valence-electron chi connectivity index (χ3n) is 5.98. The highest BCUT2D eigenvalue weighted by molar-refractivity contribution is 7.22. The van der Waals surface area contributed by atoms with Crippen LogP contribution in [0.5, 0.6) is 5.75 Å². The molecule has 1 fully saturated rings. The topological polar surface area (TPSA) is 113 Å². The van der Waals surface area contributed by atoms with E-state index in [1.165, 1.54) is 24.1 Å². The number of ether oxygens (including phenoxy) is 2. The molecule has 10 nitrogen and oxygen atoms in total. The van der Waals surface area contributed by atoms with Crippen molar-refractivity contribution in [2.75, 3.05) is 45.2 Å². The molecule has 1 aromatic heterocycles. The van der Waals surface area contributed by atoms with Crippen molar-refractivity contribution in [2.45, 2.75) is 45.5 Å². The first-order valence-electron chi connectivity index (χ1n) is 12.1. The Morgan fingerprint density at radius 3 is 2.55 bits per heavy atom. The fraction of sp³-hybridized carbons (Fsp3) is 0.583. The molecule has 210 valence electrons. The van der Waals surface area contributed by atoms with Gasteiger partial charge in [0.05, 0.1) is 29.9 Å². The maximum Gasteiger partial charge on any atom is 0.573 e. The number of alkyl halides is 3. The van der Waals surface area contributed by atoms with E-state index >= 15 is 0 Å². The molecule has 2 aromatic rings. The molecule has 38 heavy (non-hydrogen) atoms. The predicted octanol–water partition coefficient (Wildman–Crippen LogP) is 3.83. The second kappa shape index (κ2) is 12.2. The second-order valence-corrected chi connectivity index (χ2v) is 10.9. The van der Waals surface area contributed by atoms with Gasteiger partial charge in [-0.3, -0.25) is 9.59 Å². The van der Waals surface area contributed by atoms with Gasteiger partial charge in [-0.15, -0.1) is 13.2 Å². The minimum absolute atomic E-state index is 0.0151. The zero-order valence-corrected chi connectivity index (χ0v) is 22.5. The largest absolute Gasteiger partial charge is 0.573 e. The van der Waals surface area contributed by atoms with Gasteiger partial charge in [-0.2, -0.15) is 0 Å². The monoisotopic (exact) mass is 559 g/mol. The van der Waals surface area contributed by atoms with Crippen LogP contribution in [0.3, 0.4) is 0 Å². The third kappa shape index (κ3) is 8.72. The van der Waals surface area contributed by atoms with Crippen LogP contribution < -0.4 is 15.4 Å². The number of nitrogens with one attached hydrogen (secondary N) is 2. The first kappa shape index (κ1) is 29.4. The lowest BCUT2D eigenvalue weighted by atomic mass is 9.90. The molecule has 0 aliphatic carbocycles. The van der Waals surface area contributed by atoms with E-state index in [2.05, 4.69) is 20.4 Å². The fourth-order valence-electron chi connectivity index (χ4n) is 3.73. The van der Waals surface area contributed by atoms with Crippen molar-refractivity contribution in [3.8, 4) is 5.75 Å². The number of nitrogens with zero attached hydrogens (tertiary/aromatic N) is 3. The number of thiazole rings is 1. The smallest absolute Gasteiger partial charge is 0.449 e. The van der Waals surface area contributed by atoms with E-state index in [1.54, 1.807) is 4.90 Å². The van der Waals surface area contributed by atoms with E-state index in [-0.39, 0.29) is 47.4 Å². The quantitative estimate of drug-likeness (QED) is 0.480. The molecule has 3 rings (SSSR count). The Hall–Kier alpha value is -3.13. The van der Waals surface area contributed by atoms with Crippen molar-refractivity contribution in [3.05, 3.63) is 18.2 Å². The van der Waals surface area contributed by atoms with Gasteiger partial charge in [0.2, 0.25) is 11.8 Å². The van der Waals surface area contributed by atoms with Gasteiger partial charge in [0, 0.05) is 31.7 Å². The number of likely N-dealkylation sites (tertiary alicyclic amines) is 1. The third-order valence-corrected chi connectivity index (χ3v) is 6.91. The van der Waals surface area contributed by atoms with Crippen molar-refractivity contribution in [3.63, 3.8) is 0 Å². The Balaban J connectivity index is 1.44. The number of aromatic nitrogens is 1. The summed E-state index contributed by atoms with van der Waals surface area (Å²) >= 11 is 0.993. The fourth-order valence-corrected chi connectivity index (χ4v) is 4.64. The molecule has 1 aliphatic rings. The van der Waals surface area contributed by atoms with Crippen LogP contribution in [0, 0.1) is 5.92 Å². The number of carbonyl (C=O) groups is 3. The molecule has 0 radical (unpaired) electrons. The summed E-state index contributed by atoms with van der Waals surface area (Å²) in [6.07, 6.45) is -3.84. The predicted molar refractivity (Wildman–Crippen MR) is 136 cm³/mol. The summed E-state index contributed by atoms with van der Waals surface area (Å²) < 4.78 is 46.9. The van der Waals surface area contributed by atoms with E-state index in [0.717, 1.165) is 17.4 Å². The van der Waals surface area contributed by atoms with Gasteiger partial charge in [-0.1, -0.05) is 25.2 Å². The van der Waals surface area contributed by atoms with Gasteiger partial charge >= 0.3 is 12.5 Å². The molecule has 0 bridgehead atoms. The average molecular weight is 560 g/mol. The second-order valence-electron chi connectivity index (χ2n) is 9.87. The molecule has 3 amide bonds. The zero-order chi connectivity index (χ0) is 28.1. The van der Waals surface area contributed by atoms with Crippen LogP contribution in [0.2, 0.25) is 0 Å². The van der Waals surface area contributed by atoms with Crippen LogP contribution in [0.15, 0.2) is 18.2 Å². The lowest BCUT2D eigenvalue weighted by molar-refractivity contribution is -0.274. The molecule has 0 atom stereocenters. The number of fused-ring (bicyclic) bond motifs is 1. The molecule has 1 saturated heterocycles. The number of anilines is 1. The average Bonchev–Trinajstić information content (AvgIpc) is 3.21. The van der Waals surface area contributed by atoms with E-state index in [1.807, 2.05) is 20.8 Å². The highest BCUT2D eigenvalue weighted by Crippen LogP contribution is 2.31. The molecular weight excluding hydrogens is 527 g/mol. The number of benzene rings is 1. The molecular formula is C24H32F3N5O5S. The normalized spacial score (nSPS) is 15.4. The lowest BCUT2D eigenvalue weighted by Crippen LogP contribution is -2.55. The van der Waals surface area contributed by atoms with Crippen molar-refractivity contribution in [1.82, 2.24) is 20.1 Å². The Labute approximate surface area is 222 Å². The number of hydrogen-bond donors (Lipinski definition) is 2. The summed E-state index contributed by atoms with van der Waals surface area (Å²) in [6.45, 7) is 7.11. The van der Waals surface area contributed by atoms with Crippen LogP contribution >= 0.6 is 11.3 Å². The lowest BCUT2D eigenvalue weighted by Gasteiger charge is -2.39. The minimum atomic E-state index is -4.81. The molecule has 1 aromatic carbocycles. The molecule has 0 unspecified atom stereocenters. The Morgan fingerprint density at radius 1 is 1.24 bits per heavy atom. The highest BCUT2D eigenvalue weighted by atomic mass is 32.1. The number of carbonyl (C=O) groups excluding carboxylic acids is 3. The van der Waals surface area contributed by atoms with Crippen LogP contribution in [0.1, 0.15) is 33.6 Å². The van der Waals surface area contributed by atoms with Gasteiger partial charge in [-0.25, -0.2) is 9.78 Å². The first-order chi connectivity index (χ1) is 17.7. The first-order valence-corrected chi connectivity index (χ1v) is 12.9. The number of halogens is 3. The van der Waals surface area contributed by atoms with E-state index in [4.69, 9.17) is 4.74 Å². The molecule has 0 spiro atoms. The number of hydrogen-bond acceptors (Lipinski definition) is 8. The highest BCUT2D eigenvalue weighted by Gasteiger charge is 2.33. The Bertz CT molecular complexity index is 1150. The molecule has 0 saturated carbocycles. The number of rotatable bonds is 9. The Kier molecular flexibility index (Phi) is 9.41. The number of amides is 3. The van der Waals surface area contributed by atoms with Crippen LogP contribution in [-0.2, 0) is 14.3 Å². The van der Waals surface area contributed by atoms with Crippen molar-refractivity contribution in [2.24, 2.45) is 5.92 Å². The van der Waals surface area contributed by atoms with Gasteiger partial charge in [0.15, 0.2) is 5.13 Å². The van der Waals surface area contributed by atoms with Gasteiger partial charge < -0.3 is 29.9 Å². The van der Waals surface area contributed by atoms with E-state index in [0.29, 0.717) is 42.8 Å². The molecule has 1 aliphatic heterocycles. The van der Waals surface area contributed by atoms with Gasteiger partial charge in [0.25, 0.3) is 0 Å². The Morgan fingerprint density at radius 2 is 1.92 bits per heavy atom. The number of likely N-dealkylation sites (N-methyl/N-ethyl adjacent to an activating group) is 1. The van der Waals surface area contributed by atoms with Gasteiger partial charge in [0.1, 0.15) is 5.75 Å². The van der Waals surface area contributed by atoms with Crippen molar-refractivity contribution >= 4 is 44.6 Å². The minimum Gasteiger partial charge on any atom is -0.449 e. The van der Waals surface area contributed by atoms with Crippen LogP contribution in [0.25, 0.3) is 10.2 Å². The van der Waals surface area contributed by atoms with Crippen molar-refractivity contribution < 1.29 is 37.0 Å². The van der Waals surface area contributed by atoms with Crippen molar-refractivity contribution in [1.29, 1.82) is 0 Å². The summed E-state index contributed by atoms with van der Waals surface area (Å²) in [5, 5.41) is 6.01. The number of piperidine rings is 1. The van der Waals surface area contributed by atoms with E-state index in [9.17, 15) is 27.6 Å². The SMILES string of the molecule is CC(C)COC(=O)N1CCC(C)(NCC(=O)N(C)CC(=O)Nc2nc3ccc(OC(F)(F)F)cc3s2)CC1. The van der Waals surface area contributed by atoms with Gasteiger partial charge in [-0.05, 0) is 37.8 Å². The maximum absolute atomic E-state index is 12.6. The maximum atomic E-state index is 12.6. The van der Waals surface area contributed by atoms with E-state index < -0.39 is 12.3 Å². The molecule has 2 N–H and O–H groups in total. The standard InChI is InChI=1S/C24H32F3N5O5S/c1-15(2)14-36-22(35)32-9-7-23(3,8-10-32)28-12-20(34)31(4)13-19(33)30-21-29-17-6-5-16(11-18(17)38-21)37-24(25,26)27/h5-6,11,15,28H,7-10,12-14H2,1-4H3,(H,29,30,33). The van der Waals surface area contributed by atoms with Crippen LogP contribution in [0.4, 0.5) is 23.1 Å². The molecule has 2 heterocycles. The molecule has 14 heteroatoms.